The summed E-state index contributed by atoms with van der Waals surface area (Å²) < 4.78 is 0.748. The summed E-state index contributed by atoms with van der Waals surface area (Å²) in [5.41, 5.74) is 9.35. The van der Waals surface area contributed by atoms with Crippen LogP contribution < -0.4 is 5.73 Å². The fourth-order valence-corrected chi connectivity index (χ4v) is 4.00. The molecule has 0 saturated heterocycles. The normalized spacial score (nSPS) is 10.6. The van der Waals surface area contributed by atoms with Gasteiger partial charge in [0, 0.05) is 11.3 Å². The van der Waals surface area contributed by atoms with E-state index in [9.17, 15) is 4.79 Å². The van der Waals surface area contributed by atoms with Crippen molar-refractivity contribution in [3.8, 4) is 21.7 Å². The van der Waals surface area contributed by atoms with Crippen LogP contribution in [0.1, 0.15) is 0 Å². The number of carboxylic acid groups (broad SMARTS) is 1. The number of nitrogens with two attached hydrogens (primary N) is 1. The Balaban J connectivity index is 2.05. The highest BCUT2D eigenvalue weighted by Gasteiger charge is 2.15. The van der Waals surface area contributed by atoms with Crippen LogP contribution in [0.15, 0.2) is 58.9 Å². The lowest BCUT2D eigenvalue weighted by Crippen LogP contribution is -1.96. The molecule has 1 aromatic heterocycles. The molecule has 23 heavy (non-hydrogen) atoms. The summed E-state index contributed by atoms with van der Waals surface area (Å²) in [6.07, 6.45) is 0. The number of nitrogen functional groups attached to an aromatic ring is 1. The summed E-state index contributed by atoms with van der Waals surface area (Å²) in [6.45, 7) is 0. The minimum absolute atomic E-state index is 0.00290. The summed E-state index contributed by atoms with van der Waals surface area (Å²) in [4.78, 5) is 16.5. The smallest absolute Gasteiger partial charge is 0.313 e. The number of rotatable bonds is 5. The quantitative estimate of drug-likeness (QED) is 0.536. The molecule has 116 valence electrons. The van der Waals surface area contributed by atoms with Gasteiger partial charge in [-0.2, -0.15) is 0 Å². The third-order valence-electron chi connectivity index (χ3n) is 3.15. The number of hydrogen-bond acceptors (Lipinski definition) is 5. The molecule has 3 N–H and O–H groups in total. The topological polar surface area (TPSA) is 76.2 Å². The van der Waals surface area contributed by atoms with Crippen LogP contribution in [0, 0.1) is 0 Å². The average Bonchev–Trinajstić information content (AvgIpc) is 2.99. The number of carbonyl (C=O) groups is 1. The Kier molecular flexibility index (Phi) is 4.64. The van der Waals surface area contributed by atoms with E-state index in [0.29, 0.717) is 5.69 Å². The van der Waals surface area contributed by atoms with Crippen molar-refractivity contribution < 1.29 is 9.90 Å². The van der Waals surface area contributed by atoms with Gasteiger partial charge in [0.25, 0.3) is 0 Å². The second-order valence-corrected chi connectivity index (χ2v) is 7.05. The fraction of sp³-hybridized carbons (Fsp3) is 0.0588. The van der Waals surface area contributed by atoms with E-state index in [-0.39, 0.29) is 5.75 Å². The zero-order valence-electron chi connectivity index (χ0n) is 12.1. The highest BCUT2D eigenvalue weighted by Crippen LogP contribution is 2.40. The van der Waals surface area contributed by atoms with E-state index in [1.807, 2.05) is 54.6 Å². The van der Waals surface area contributed by atoms with Gasteiger partial charge in [-0.25, -0.2) is 4.98 Å². The van der Waals surface area contributed by atoms with Crippen LogP contribution in [0.25, 0.3) is 21.7 Å². The van der Waals surface area contributed by atoms with Gasteiger partial charge in [-0.05, 0) is 17.7 Å². The fourth-order valence-electron chi connectivity index (χ4n) is 2.11. The van der Waals surface area contributed by atoms with Crippen molar-refractivity contribution in [1.29, 1.82) is 0 Å². The summed E-state index contributed by atoms with van der Waals surface area (Å²) in [6, 6.07) is 17.5. The molecule has 0 aliphatic carbocycles. The van der Waals surface area contributed by atoms with Crippen LogP contribution >= 0.6 is 23.1 Å². The van der Waals surface area contributed by atoms with E-state index in [1.165, 1.54) is 23.1 Å². The van der Waals surface area contributed by atoms with Gasteiger partial charge in [0.2, 0.25) is 0 Å². The monoisotopic (exact) mass is 342 g/mol. The number of aromatic nitrogens is 1. The number of nitrogens with zero attached hydrogens (tertiary/aromatic N) is 1. The molecule has 0 unspecified atom stereocenters. The minimum atomic E-state index is -0.847. The van der Waals surface area contributed by atoms with Crippen LogP contribution in [-0.2, 0) is 4.79 Å². The van der Waals surface area contributed by atoms with E-state index in [2.05, 4.69) is 4.98 Å². The second-order valence-electron chi connectivity index (χ2n) is 4.83. The lowest BCUT2D eigenvalue weighted by molar-refractivity contribution is -0.133. The van der Waals surface area contributed by atoms with Crippen LogP contribution in [0.5, 0.6) is 0 Å². The van der Waals surface area contributed by atoms with E-state index in [1.54, 1.807) is 0 Å². The molecule has 4 nitrogen and oxygen atoms in total. The van der Waals surface area contributed by atoms with E-state index in [0.717, 1.165) is 26.0 Å². The number of benzene rings is 2. The number of anilines is 1. The average molecular weight is 342 g/mol. The maximum Gasteiger partial charge on any atom is 0.313 e. The number of carboxylic acids is 1. The minimum Gasteiger partial charge on any atom is -0.481 e. The first-order chi connectivity index (χ1) is 11.1. The molecule has 2 aromatic carbocycles. The third-order valence-corrected chi connectivity index (χ3v) is 5.38. The summed E-state index contributed by atoms with van der Waals surface area (Å²) in [7, 11) is 0. The SMILES string of the molecule is Nc1ccc(-c2nc(SCC(=O)O)sc2-c2ccccc2)cc1. The molecule has 3 rings (SSSR count). The summed E-state index contributed by atoms with van der Waals surface area (Å²) in [5.74, 6) is -0.844. The zero-order valence-corrected chi connectivity index (χ0v) is 13.7. The van der Waals surface area contributed by atoms with Crippen molar-refractivity contribution >= 4 is 34.8 Å². The molecule has 0 aliphatic rings. The van der Waals surface area contributed by atoms with Crippen molar-refractivity contribution in [3.05, 3.63) is 54.6 Å². The van der Waals surface area contributed by atoms with Crippen LogP contribution in [-0.4, -0.2) is 21.8 Å². The first-order valence-electron chi connectivity index (χ1n) is 6.90. The molecule has 6 heteroatoms. The van der Waals surface area contributed by atoms with Gasteiger partial charge < -0.3 is 10.8 Å². The standard InChI is InChI=1S/C17H14N2O2S2/c18-13-8-6-11(7-9-13)15-16(12-4-2-1-3-5-12)23-17(19-15)22-10-14(20)21/h1-9H,10,18H2,(H,20,21). The molecule has 0 spiro atoms. The second kappa shape index (κ2) is 6.85. The molecule has 3 aromatic rings. The van der Waals surface area contributed by atoms with E-state index < -0.39 is 5.97 Å². The summed E-state index contributed by atoms with van der Waals surface area (Å²) >= 11 is 2.75. The molecule has 0 fully saturated rings. The van der Waals surface area contributed by atoms with Gasteiger partial charge in [-0.15, -0.1) is 11.3 Å². The van der Waals surface area contributed by atoms with Gasteiger partial charge in [-0.1, -0.05) is 54.2 Å². The predicted molar refractivity (Wildman–Crippen MR) is 95.8 cm³/mol. The number of aliphatic carboxylic acids is 1. The Morgan fingerprint density at radius 3 is 2.43 bits per heavy atom. The third kappa shape index (κ3) is 3.72. The van der Waals surface area contributed by atoms with Crippen LogP contribution in [0.2, 0.25) is 0 Å². The molecule has 0 saturated carbocycles. The van der Waals surface area contributed by atoms with Crippen LogP contribution in [0.4, 0.5) is 5.69 Å². The number of hydrogen-bond donors (Lipinski definition) is 2. The predicted octanol–water partition coefficient (Wildman–Crippen LogP) is 4.24. The molecule has 0 radical (unpaired) electrons. The van der Waals surface area contributed by atoms with Gasteiger partial charge in [0.1, 0.15) is 0 Å². The van der Waals surface area contributed by atoms with E-state index in [4.69, 9.17) is 10.8 Å². The Morgan fingerprint density at radius 2 is 1.78 bits per heavy atom. The molecule has 0 atom stereocenters. The maximum absolute atomic E-state index is 10.8. The number of thioether (sulfide) groups is 1. The lowest BCUT2D eigenvalue weighted by Gasteiger charge is -2.03. The molecule has 1 heterocycles. The first-order valence-corrected chi connectivity index (χ1v) is 8.70. The van der Waals surface area contributed by atoms with E-state index >= 15 is 0 Å². The Hall–Kier alpha value is -2.31. The Labute approximate surface area is 142 Å². The molecular weight excluding hydrogens is 328 g/mol. The van der Waals surface area contributed by atoms with Gasteiger partial charge in [-0.3, -0.25) is 4.79 Å². The van der Waals surface area contributed by atoms with Crippen molar-refractivity contribution in [2.45, 2.75) is 4.34 Å². The highest BCUT2D eigenvalue weighted by molar-refractivity contribution is 8.01. The van der Waals surface area contributed by atoms with Crippen molar-refractivity contribution in [1.82, 2.24) is 4.98 Å². The van der Waals surface area contributed by atoms with Crippen molar-refractivity contribution in [2.24, 2.45) is 0 Å². The summed E-state index contributed by atoms with van der Waals surface area (Å²) in [5, 5.41) is 8.86. The zero-order chi connectivity index (χ0) is 16.2. The lowest BCUT2D eigenvalue weighted by atomic mass is 10.1. The van der Waals surface area contributed by atoms with Gasteiger partial charge in [0.05, 0.1) is 16.3 Å². The van der Waals surface area contributed by atoms with Crippen molar-refractivity contribution in [2.75, 3.05) is 11.5 Å². The largest absolute Gasteiger partial charge is 0.481 e. The highest BCUT2D eigenvalue weighted by atomic mass is 32.2. The number of thiazole rings is 1. The van der Waals surface area contributed by atoms with Gasteiger partial charge in [0.15, 0.2) is 4.34 Å². The maximum atomic E-state index is 10.8. The Morgan fingerprint density at radius 1 is 1.09 bits per heavy atom. The van der Waals surface area contributed by atoms with Crippen molar-refractivity contribution in [3.63, 3.8) is 0 Å². The molecule has 0 aliphatic heterocycles. The molecule has 0 amide bonds. The van der Waals surface area contributed by atoms with Gasteiger partial charge >= 0.3 is 5.97 Å². The Bertz CT molecular complexity index is 814. The first kappa shape index (κ1) is 15.6. The molecule has 0 bridgehead atoms. The van der Waals surface area contributed by atoms with Crippen LogP contribution in [0.3, 0.4) is 0 Å². The molecular formula is C17H14N2O2S2.